The summed E-state index contributed by atoms with van der Waals surface area (Å²) in [5.41, 5.74) is 2.56. The van der Waals surface area contributed by atoms with Crippen LogP contribution in [0, 0.1) is 0 Å². The van der Waals surface area contributed by atoms with Crippen LogP contribution < -0.4 is 5.32 Å². The van der Waals surface area contributed by atoms with E-state index in [-0.39, 0.29) is 17.9 Å². The summed E-state index contributed by atoms with van der Waals surface area (Å²) in [7, 11) is 0. The maximum absolute atomic E-state index is 13.1. The molecule has 2 aliphatic rings. The molecule has 3 aromatic rings. The SMILES string of the molecule is O=C(Nc1cccc(C(=O)N2CCN(Cc3cccc4ccccc34)CC2)c1)C1CCCO1. The number of nitrogens with one attached hydrogen (secondary N) is 1. The number of hydrogen-bond donors (Lipinski definition) is 1. The molecule has 0 saturated carbocycles. The summed E-state index contributed by atoms with van der Waals surface area (Å²) >= 11 is 0. The fourth-order valence-corrected chi connectivity index (χ4v) is 4.70. The van der Waals surface area contributed by atoms with E-state index >= 15 is 0 Å². The highest BCUT2D eigenvalue weighted by Gasteiger charge is 2.25. The average molecular weight is 444 g/mol. The van der Waals surface area contributed by atoms with Gasteiger partial charge in [-0.25, -0.2) is 0 Å². The zero-order valence-electron chi connectivity index (χ0n) is 18.7. The van der Waals surface area contributed by atoms with Gasteiger partial charge in [-0.15, -0.1) is 0 Å². The van der Waals surface area contributed by atoms with Crippen molar-refractivity contribution >= 4 is 28.3 Å². The number of ether oxygens (including phenoxy) is 1. The van der Waals surface area contributed by atoms with Gasteiger partial charge < -0.3 is 15.0 Å². The molecule has 0 aliphatic carbocycles. The normalized spacial score (nSPS) is 19.0. The lowest BCUT2D eigenvalue weighted by molar-refractivity contribution is -0.124. The number of anilines is 1. The van der Waals surface area contributed by atoms with Crippen LogP contribution in [-0.2, 0) is 16.1 Å². The summed E-state index contributed by atoms with van der Waals surface area (Å²) in [6, 6.07) is 22.1. The molecule has 170 valence electrons. The largest absolute Gasteiger partial charge is 0.368 e. The quantitative estimate of drug-likeness (QED) is 0.649. The van der Waals surface area contributed by atoms with Crippen LogP contribution >= 0.6 is 0 Å². The van der Waals surface area contributed by atoms with Crippen LogP contribution in [0.3, 0.4) is 0 Å². The molecule has 2 amide bonds. The zero-order chi connectivity index (χ0) is 22.6. The van der Waals surface area contributed by atoms with E-state index in [0.29, 0.717) is 30.9 Å². The first-order valence-electron chi connectivity index (χ1n) is 11.7. The molecule has 2 saturated heterocycles. The molecule has 6 nitrogen and oxygen atoms in total. The smallest absolute Gasteiger partial charge is 0.254 e. The van der Waals surface area contributed by atoms with Crippen molar-refractivity contribution in [2.75, 3.05) is 38.1 Å². The van der Waals surface area contributed by atoms with Gasteiger partial charge in [-0.05, 0) is 47.4 Å². The molecule has 0 spiro atoms. The molecule has 1 unspecified atom stereocenters. The summed E-state index contributed by atoms with van der Waals surface area (Å²) in [6.07, 6.45) is 1.26. The van der Waals surface area contributed by atoms with Crippen molar-refractivity contribution in [2.45, 2.75) is 25.5 Å². The van der Waals surface area contributed by atoms with Gasteiger partial charge in [0.25, 0.3) is 11.8 Å². The van der Waals surface area contributed by atoms with Gasteiger partial charge in [-0.3, -0.25) is 14.5 Å². The van der Waals surface area contributed by atoms with Crippen molar-refractivity contribution in [3.63, 3.8) is 0 Å². The lowest BCUT2D eigenvalue weighted by atomic mass is 10.0. The van der Waals surface area contributed by atoms with Crippen LogP contribution in [0.25, 0.3) is 10.8 Å². The van der Waals surface area contributed by atoms with Crippen LogP contribution in [0.5, 0.6) is 0 Å². The van der Waals surface area contributed by atoms with Crippen molar-refractivity contribution in [3.05, 3.63) is 77.9 Å². The number of nitrogens with zero attached hydrogens (tertiary/aromatic N) is 2. The second kappa shape index (κ2) is 9.73. The van der Waals surface area contributed by atoms with Gasteiger partial charge in [0.1, 0.15) is 6.10 Å². The summed E-state index contributed by atoms with van der Waals surface area (Å²) < 4.78 is 5.44. The zero-order valence-corrected chi connectivity index (χ0v) is 18.7. The van der Waals surface area contributed by atoms with Crippen LogP contribution in [-0.4, -0.2) is 60.5 Å². The Morgan fingerprint density at radius 3 is 2.55 bits per heavy atom. The third kappa shape index (κ3) is 4.92. The highest BCUT2D eigenvalue weighted by molar-refractivity contribution is 5.98. The molecule has 3 aromatic carbocycles. The Balaban J connectivity index is 1.19. The molecule has 2 heterocycles. The molecule has 33 heavy (non-hydrogen) atoms. The number of piperazine rings is 1. The molecule has 0 bridgehead atoms. The van der Waals surface area contributed by atoms with Crippen LogP contribution in [0.2, 0.25) is 0 Å². The van der Waals surface area contributed by atoms with Gasteiger partial charge in [-0.2, -0.15) is 0 Å². The van der Waals surface area contributed by atoms with Crippen molar-refractivity contribution in [3.8, 4) is 0 Å². The number of carbonyl (C=O) groups is 2. The van der Waals surface area contributed by atoms with E-state index in [9.17, 15) is 9.59 Å². The van der Waals surface area contributed by atoms with Gasteiger partial charge in [-0.1, -0.05) is 48.5 Å². The van der Waals surface area contributed by atoms with Crippen molar-refractivity contribution < 1.29 is 14.3 Å². The minimum Gasteiger partial charge on any atom is -0.368 e. The Morgan fingerprint density at radius 1 is 0.939 bits per heavy atom. The van der Waals surface area contributed by atoms with Crippen molar-refractivity contribution in [2.24, 2.45) is 0 Å². The number of benzene rings is 3. The Hall–Kier alpha value is -3.22. The van der Waals surface area contributed by atoms with Gasteiger partial charge in [0, 0.05) is 50.6 Å². The molecule has 1 atom stereocenters. The third-order valence-corrected chi connectivity index (χ3v) is 6.53. The lowest BCUT2D eigenvalue weighted by Crippen LogP contribution is -2.48. The van der Waals surface area contributed by atoms with E-state index in [1.165, 1.54) is 16.3 Å². The average Bonchev–Trinajstić information content (AvgIpc) is 3.40. The number of amides is 2. The fourth-order valence-electron chi connectivity index (χ4n) is 4.70. The van der Waals surface area contributed by atoms with Crippen molar-refractivity contribution in [1.82, 2.24) is 9.80 Å². The topological polar surface area (TPSA) is 61.9 Å². The maximum atomic E-state index is 13.1. The second-order valence-electron chi connectivity index (χ2n) is 8.78. The number of hydrogen-bond acceptors (Lipinski definition) is 4. The second-order valence-corrected chi connectivity index (χ2v) is 8.78. The molecular weight excluding hydrogens is 414 g/mol. The van der Waals surface area contributed by atoms with E-state index in [1.54, 1.807) is 6.07 Å². The van der Waals surface area contributed by atoms with E-state index in [2.05, 4.69) is 52.7 Å². The first-order valence-corrected chi connectivity index (χ1v) is 11.7. The summed E-state index contributed by atoms with van der Waals surface area (Å²) in [6.45, 7) is 4.57. The molecule has 6 heteroatoms. The van der Waals surface area contributed by atoms with Gasteiger partial charge in [0.05, 0.1) is 0 Å². The van der Waals surface area contributed by atoms with Gasteiger partial charge in [0.15, 0.2) is 0 Å². The highest BCUT2D eigenvalue weighted by atomic mass is 16.5. The molecule has 0 aromatic heterocycles. The van der Waals surface area contributed by atoms with E-state index in [1.807, 2.05) is 23.1 Å². The molecule has 5 rings (SSSR count). The number of rotatable bonds is 5. The summed E-state index contributed by atoms with van der Waals surface area (Å²) in [4.78, 5) is 29.7. The first kappa shape index (κ1) is 21.6. The van der Waals surface area contributed by atoms with E-state index in [4.69, 9.17) is 4.74 Å². The Bertz CT molecular complexity index is 1140. The van der Waals surface area contributed by atoms with Gasteiger partial charge in [0.2, 0.25) is 0 Å². The molecular formula is C27H29N3O3. The highest BCUT2D eigenvalue weighted by Crippen LogP contribution is 2.21. The fraction of sp³-hybridized carbons (Fsp3) is 0.333. The molecule has 2 fully saturated rings. The van der Waals surface area contributed by atoms with E-state index in [0.717, 1.165) is 32.5 Å². The number of fused-ring (bicyclic) bond motifs is 1. The summed E-state index contributed by atoms with van der Waals surface area (Å²) in [5, 5.41) is 5.44. The molecule has 1 N–H and O–H groups in total. The Kier molecular flexibility index (Phi) is 6.37. The van der Waals surface area contributed by atoms with Gasteiger partial charge >= 0.3 is 0 Å². The monoisotopic (exact) mass is 443 g/mol. The minimum atomic E-state index is -0.390. The first-order chi connectivity index (χ1) is 16.2. The van der Waals surface area contributed by atoms with Crippen LogP contribution in [0.15, 0.2) is 66.7 Å². The third-order valence-electron chi connectivity index (χ3n) is 6.53. The number of carbonyl (C=O) groups excluding carboxylic acids is 2. The predicted molar refractivity (Wildman–Crippen MR) is 129 cm³/mol. The standard InChI is InChI=1S/C27H29N3O3/c31-26(25-12-5-17-33-25)28-23-10-4-8-21(18-23)27(32)30-15-13-29(14-16-30)19-22-9-3-7-20-6-1-2-11-24(20)22/h1-4,6-11,18,25H,5,12-17,19H2,(H,28,31). The maximum Gasteiger partial charge on any atom is 0.254 e. The Labute approximate surface area is 194 Å². The predicted octanol–water partition coefficient (Wildman–Crippen LogP) is 3.92. The van der Waals surface area contributed by atoms with E-state index < -0.39 is 0 Å². The molecule has 0 radical (unpaired) electrons. The molecule has 2 aliphatic heterocycles. The minimum absolute atomic E-state index is 0.00743. The van der Waals surface area contributed by atoms with Crippen LogP contribution in [0.1, 0.15) is 28.8 Å². The summed E-state index contributed by atoms with van der Waals surface area (Å²) in [5.74, 6) is -0.132. The lowest BCUT2D eigenvalue weighted by Gasteiger charge is -2.35. The Morgan fingerprint density at radius 2 is 1.73 bits per heavy atom. The van der Waals surface area contributed by atoms with Crippen LogP contribution in [0.4, 0.5) is 5.69 Å². The van der Waals surface area contributed by atoms with Crippen molar-refractivity contribution in [1.29, 1.82) is 0 Å².